The van der Waals surface area contributed by atoms with E-state index in [2.05, 4.69) is 10.6 Å². The molecule has 0 fully saturated rings. The highest BCUT2D eigenvalue weighted by Gasteiger charge is 2.07. The first-order valence-electron chi connectivity index (χ1n) is 7.00. The number of anilines is 1. The molecule has 2 amide bonds. The van der Waals surface area contributed by atoms with E-state index in [9.17, 15) is 4.79 Å². The Bertz CT molecular complexity index is 410. The summed E-state index contributed by atoms with van der Waals surface area (Å²) in [5.41, 5.74) is 1.77. The number of carbonyl (C=O) groups excluding carboxylic acids is 1. The summed E-state index contributed by atoms with van der Waals surface area (Å²) in [4.78, 5) is 11.8. The van der Waals surface area contributed by atoms with Crippen LogP contribution in [0.2, 0.25) is 0 Å². The van der Waals surface area contributed by atoms with Crippen molar-refractivity contribution in [3.63, 3.8) is 0 Å². The second kappa shape index (κ2) is 9.34. The Morgan fingerprint density at radius 3 is 2.95 bits per heavy atom. The van der Waals surface area contributed by atoms with Gasteiger partial charge in [0.1, 0.15) is 0 Å². The number of rotatable bonds is 8. The lowest BCUT2D eigenvalue weighted by Gasteiger charge is -2.14. The number of nitrogens with one attached hydrogen (secondary N) is 2. The molecule has 5 nitrogen and oxygen atoms in total. The average Bonchev–Trinajstić information content (AvgIpc) is 2.43. The Balaban J connectivity index is 2.44. The van der Waals surface area contributed by atoms with Gasteiger partial charge >= 0.3 is 6.03 Å². The summed E-state index contributed by atoms with van der Waals surface area (Å²) in [5, 5.41) is 14.4. The maximum Gasteiger partial charge on any atom is 0.319 e. The molecule has 1 aromatic rings. The molecule has 0 spiro atoms. The summed E-state index contributed by atoms with van der Waals surface area (Å²) < 4.78 is 5.34. The Morgan fingerprint density at radius 2 is 2.25 bits per heavy atom. The van der Waals surface area contributed by atoms with Gasteiger partial charge in [-0.15, -0.1) is 0 Å². The first kappa shape index (κ1) is 16.5. The van der Waals surface area contributed by atoms with E-state index in [0.29, 0.717) is 19.6 Å². The van der Waals surface area contributed by atoms with Crippen molar-refractivity contribution in [3.8, 4) is 0 Å². The van der Waals surface area contributed by atoms with Gasteiger partial charge in [-0.3, -0.25) is 0 Å². The van der Waals surface area contributed by atoms with E-state index in [-0.39, 0.29) is 18.7 Å². The fourth-order valence-electron chi connectivity index (χ4n) is 1.82. The minimum absolute atomic E-state index is 0.0359. The van der Waals surface area contributed by atoms with E-state index < -0.39 is 0 Å². The molecule has 0 saturated heterocycles. The van der Waals surface area contributed by atoms with Crippen molar-refractivity contribution in [2.45, 2.75) is 39.3 Å². The minimum Gasteiger partial charge on any atom is -0.396 e. The van der Waals surface area contributed by atoms with Crippen LogP contribution in [0.3, 0.4) is 0 Å². The lowest BCUT2D eigenvalue weighted by atomic mass is 10.2. The molecule has 5 heteroatoms. The van der Waals surface area contributed by atoms with Crippen molar-refractivity contribution in [1.29, 1.82) is 0 Å². The maximum absolute atomic E-state index is 11.8. The molecule has 0 aromatic heterocycles. The third kappa shape index (κ3) is 6.54. The lowest BCUT2D eigenvalue weighted by molar-refractivity contribution is 0.134. The number of aliphatic hydroxyl groups is 1. The van der Waals surface area contributed by atoms with Crippen molar-refractivity contribution in [2.24, 2.45) is 0 Å². The summed E-state index contributed by atoms with van der Waals surface area (Å²) in [5.74, 6) is 0. The average molecular weight is 280 g/mol. The van der Waals surface area contributed by atoms with E-state index in [1.807, 2.05) is 38.1 Å². The molecule has 0 aliphatic carbocycles. The number of hydrogen-bond acceptors (Lipinski definition) is 3. The summed E-state index contributed by atoms with van der Waals surface area (Å²) in [6, 6.07) is 7.39. The molecule has 1 unspecified atom stereocenters. The van der Waals surface area contributed by atoms with E-state index in [4.69, 9.17) is 9.84 Å². The summed E-state index contributed by atoms with van der Waals surface area (Å²) in [6.07, 6.45) is 1.44. The van der Waals surface area contributed by atoms with Crippen molar-refractivity contribution in [3.05, 3.63) is 29.8 Å². The van der Waals surface area contributed by atoms with Gasteiger partial charge < -0.3 is 20.5 Å². The Labute approximate surface area is 120 Å². The molecule has 0 bridgehead atoms. The van der Waals surface area contributed by atoms with Gasteiger partial charge in [0.15, 0.2) is 0 Å². The van der Waals surface area contributed by atoms with Crippen molar-refractivity contribution in [1.82, 2.24) is 5.32 Å². The third-order valence-corrected chi connectivity index (χ3v) is 2.83. The molecular weight excluding hydrogens is 256 g/mol. The predicted octanol–water partition coefficient (Wildman–Crippen LogP) is 2.51. The van der Waals surface area contributed by atoms with E-state index in [1.165, 1.54) is 0 Å². The highest BCUT2D eigenvalue weighted by atomic mass is 16.5. The second-order valence-corrected chi connectivity index (χ2v) is 4.70. The van der Waals surface area contributed by atoms with E-state index >= 15 is 0 Å². The molecule has 20 heavy (non-hydrogen) atoms. The molecule has 0 aliphatic heterocycles. The number of carbonyl (C=O) groups is 1. The van der Waals surface area contributed by atoms with Gasteiger partial charge in [0.2, 0.25) is 0 Å². The fraction of sp³-hybridized carbons (Fsp3) is 0.533. The van der Waals surface area contributed by atoms with Crippen LogP contribution >= 0.6 is 0 Å². The van der Waals surface area contributed by atoms with Crippen LogP contribution in [0, 0.1) is 0 Å². The van der Waals surface area contributed by atoms with Crippen LogP contribution in [0.5, 0.6) is 0 Å². The zero-order valence-electron chi connectivity index (χ0n) is 12.2. The molecule has 0 aliphatic rings. The van der Waals surface area contributed by atoms with Crippen LogP contribution in [-0.2, 0) is 11.3 Å². The molecule has 1 atom stereocenters. The summed E-state index contributed by atoms with van der Waals surface area (Å²) >= 11 is 0. The monoisotopic (exact) mass is 280 g/mol. The Kier molecular flexibility index (Phi) is 7.69. The van der Waals surface area contributed by atoms with Gasteiger partial charge in [0.25, 0.3) is 0 Å². The molecule has 0 saturated carbocycles. The van der Waals surface area contributed by atoms with Gasteiger partial charge in [-0.25, -0.2) is 4.79 Å². The van der Waals surface area contributed by atoms with Gasteiger partial charge in [-0.05, 0) is 44.4 Å². The number of hydrogen-bond donors (Lipinski definition) is 3. The van der Waals surface area contributed by atoms with Crippen LogP contribution in [0.4, 0.5) is 10.5 Å². The van der Waals surface area contributed by atoms with Gasteiger partial charge in [0, 0.05) is 24.9 Å². The largest absolute Gasteiger partial charge is 0.396 e. The molecule has 0 heterocycles. The van der Waals surface area contributed by atoms with Crippen LogP contribution in [0.15, 0.2) is 24.3 Å². The Morgan fingerprint density at radius 1 is 1.45 bits per heavy atom. The first-order valence-corrected chi connectivity index (χ1v) is 7.00. The van der Waals surface area contributed by atoms with Crippen LogP contribution in [0.1, 0.15) is 32.3 Å². The lowest BCUT2D eigenvalue weighted by Crippen LogP contribution is -2.36. The normalized spacial score (nSPS) is 11.9. The zero-order chi connectivity index (χ0) is 14.8. The molecule has 1 rings (SSSR count). The van der Waals surface area contributed by atoms with Crippen molar-refractivity contribution in [2.75, 3.05) is 18.5 Å². The number of benzene rings is 1. The van der Waals surface area contributed by atoms with Gasteiger partial charge in [0.05, 0.1) is 6.61 Å². The number of aliphatic hydroxyl groups excluding tert-OH is 1. The highest BCUT2D eigenvalue weighted by molar-refractivity contribution is 5.89. The number of amides is 2. The Hall–Kier alpha value is -1.59. The van der Waals surface area contributed by atoms with E-state index in [1.54, 1.807) is 0 Å². The van der Waals surface area contributed by atoms with E-state index in [0.717, 1.165) is 17.7 Å². The molecule has 1 aromatic carbocycles. The minimum atomic E-state index is -0.232. The summed E-state index contributed by atoms with van der Waals surface area (Å²) in [7, 11) is 0. The number of ether oxygens (including phenoxy) is 1. The predicted molar refractivity (Wildman–Crippen MR) is 79.7 cm³/mol. The maximum atomic E-state index is 11.8. The smallest absolute Gasteiger partial charge is 0.319 e. The zero-order valence-corrected chi connectivity index (χ0v) is 12.2. The van der Waals surface area contributed by atoms with Crippen molar-refractivity contribution >= 4 is 11.7 Å². The number of urea groups is 1. The van der Waals surface area contributed by atoms with Crippen LogP contribution in [-0.4, -0.2) is 30.4 Å². The van der Waals surface area contributed by atoms with Gasteiger partial charge in [-0.1, -0.05) is 12.1 Å². The fourth-order valence-corrected chi connectivity index (χ4v) is 1.82. The molecular formula is C15H24N2O3. The second-order valence-electron chi connectivity index (χ2n) is 4.70. The van der Waals surface area contributed by atoms with Crippen molar-refractivity contribution < 1.29 is 14.6 Å². The van der Waals surface area contributed by atoms with Crippen LogP contribution in [0.25, 0.3) is 0 Å². The first-order chi connectivity index (χ1) is 9.65. The third-order valence-electron chi connectivity index (χ3n) is 2.83. The molecule has 112 valence electrons. The molecule has 0 radical (unpaired) electrons. The highest BCUT2D eigenvalue weighted by Crippen LogP contribution is 2.11. The topological polar surface area (TPSA) is 70.6 Å². The standard InChI is InChI=1S/C15H24N2O3/c1-3-20-11-13-7-4-8-14(10-13)17-15(19)16-12(2)6-5-9-18/h4,7-8,10,12,18H,3,5-6,9,11H2,1-2H3,(H2,16,17,19). The SMILES string of the molecule is CCOCc1cccc(NC(=O)NC(C)CCCO)c1. The van der Waals surface area contributed by atoms with Crippen LogP contribution < -0.4 is 10.6 Å². The molecule has 3 N–H and O–H groups in total. The summed E-state index contributed by atoms with van der Waals surface area (Å²) in [6.45, 7) is 5.22. The quantitative estimate of drug-likeness (QED) is 0.685. The van der Waals surface area contributed by atoms with Gasteiger partial charge in [-0.2, -0.15) is 0 Å².